The van der Waals surface area contributed by atoms with Crippen LogP contribution in [0, 0.1) is 5.92 Å². The molecule has 0 aliphatic rings. The van der Waals surface area contributed by atoms with E-state index in [-0.39, 0.29) is 11.8 Å². The van der Waals surface area contributed by atoms with Crippen LogP contribution >= 0.6 is 0 Å². The third-order valence-corrected chi connectivity index (χ3v) is 2.19. The Morgan fingerprint density at radius 2 is 1.87 bits per heavy atom. The van der Waals surface area contributed by atoms with Crippen molar-refractivity contribution in [2.45, 2.75) is 26.9 Å². The van der Waals surface area contributed by atoms with Crippen LogP contribution in [0.1, 0.15) is 32.4 Å². The molecular weight excluding hydrogens is 190 g/mol. The highest BCUT2D eigenvalue weighted by molar-refractivity contribution is 5.92. The lowest BCUT2D eigenvalue weighted by atomic mass is 10.1. The van der Waals surface area contributed by atoms with Crippen LogP contribution in [0.25, 0.3) is 0 Å². The van der Waals surface area contributed by atoms with Gasteiger partial charge in [-0.25, -0.2) is 0 Å². The normalized spacial score (nSPS) is 12.6. The molecule has 3 heteroatoms. The summed E-state index contributed by atoms with van der Waals surface area (Å²) in [6.45, 7) is 5.35. The van der Waals surface area contributed by atoms with Crippen LogP contribution in [0.15, 0.2) is 24.3 Å². The quantitative estimate of drug-likeness (QED) is 0.799. The molecule has 0 radical (unpaired) electrons. The van der Waals surface area contributed by atoms with Crippen LogP contribution < -0.4 is 5.32 Å². The standard InChI is InChI=1S/C12H17NO2/c1-8(2)12(15)13-11-7-5-4-6-10(11)9(3)14/h4-9,14H,1-3H3,(H,13,15). The van der Waals surface area contributed by atoms with E-state index in [9.17, 15) is 9.90 Å². The van der Waals surface area contributed by atoms with Crippen molar-refractivity contribution in [3.05, 3.63) is 29.8 Å². The third kappa shape index (κ3) is 3.06. The Kier molecular flexibility index (Phi) is 3.86. The predicted molar refractivity (Wildman–Crippen MR) is 60.5 cm³/mol. The summed E-state index contributed by atoms with van der Waals surface area (Å²) in [4.78, 5) is 11.5. The Morgan fingerprint density at radius 1 is 1.27 bits per heavy atom. The lowest BCUT2D eigenvalue weighted by Crippen LogP contribution is -2.19. The van der Waals surface area contributed by atoms with E-state index in [4.69, 9.17) is 0 Å². The topological polar surface area (TPSA) is 49.3 Å². The molecular formula is C12H17NO2. The summed E-state index contributed by atoms with van der Waals surface area (Å²) in [7, 11) is 0. The van der Waals surface area contributed by atoms with E-state index in [1.54, 1.807) is 19.1 Å². The average molecular weight is 207 g/mol. The van der Waals surface area contributed by atoms with Crippen LogP contribution in [0.3, 0.4) is 0 Å². The summed E-state index contributed by atoms with van der Waals surface area (Å²) in [6.07, 6.45) is -0.575. The minimum absolute atomic E-state index is 0.0388. The van der Waals surface area contributed by atoms with Gasteiger partial charge in [0.25, 0.3) is 0 Å². The fourth-order valence-corrected chi connectivity index (χ4v) is 1.25. The second-order valence-corrected chi connectivity index (χ2v) is 3.91. The van der Waals surface area contributed by atoms with Gasteiger partial charge in [-0.15, -0.1) is 0 Å². The number of benzene rings is 1. The van der Waals surface area contributed by atoms with Crippen molar-refractivity contribution in [3.63, 3.8) is 0 Å². The zero-order valence-electron chi connectivity index (χ0n) is 9.32. The van der Waals surface area contributed by atoms with E-state index in [0.29, 0.717) is 5.69 Å². The van der Waals surface area contributed by atoms with Gasteiger partial charge in [0, 0.05) is 17.2 Å². The number of hydrogen-bond acceptors (Lipinski definition) is 2. The number of rotatable bonds is 3. The van der Waals surface area contributed by atoms with Gasteiger partial charge < -0.3 is 10.4 Å². The van der Waals surface area contributed by atoms with Crippen LogP contribution in [-0.2, 0) is 4.79 Å². The number of hydrogen-bond donors (Lipinski definition) is 2. The van der Waals surface area contributed by atoms with Crippen LogP contribution in [-0.4, -0.2) is 11.0 Å². The fourth-order valence-electron chi connectivity index (χ4n) is 1.25. The Morgan fingerprint density at radius 3 is 2.40 bits per heavy atom. The molecule has 0 saturated heterocycles. The Balaban J connectivity index is 2.89. The third-order valence-electron chi connectivity index (χ3n) is 2.19. The minimum atomic E-state index is -0.575. The molecule has 0 saturated carbocycles. The maximum absolute atomic E-state index is 11.5. The summed E-state index contributed by atoms with van der Waals surface area (Å²) < 4.78 is 0. The molecule has 0 fully saturated rings. The van der Waals surface area contributed by atoms with Gasteiger partial charge in [0.15, 0.2) is 0 Å². The number of aliphatic hydroxyl groups excluding tert-OH is 1. The molecule has 0 spiro atoms. The monoisotopic (exact) mass is 207 g/mol. The largest absolute Gasteiger partial charge is 0.389 e. The second kappa shape index (κ2) is 4.94. The van der Waals surface area contributed by atoms with Gasteiger partial charge in [0.1, 0.15) is 0 Å². The molecule has 1 amide bonds. The number of aliphatic hydroxyl groups is 1. The van der Waals surface area contributed by atoms with Crippen molar-refractivity contribution in [3.8, 4) is 0 Å². The Hall–Kier alpha value is -1.35. The highest BCUT2D eigenvalue weighted by Gasteiger charge is 2.11. The number of nitrogens with one attached hydrogen (secondary N) is 1. The van der Waals surface area contributed by atoms with Crippen molar-refractivity contribution < 1.29 is 9.90 Å². The smallest absolute Gasteiger partial charge is 0.226 e. The highest BCUT2D eigenvalue weighted by atomic mass is 16.3. The maximum Gasteiger partial charge on any atom is 0.226 e. The van der Waals surface area contributed by atoms with Crippen molar-refractivity contribution in [1.29, 1.82) is 0 Å². The Bertz CT molecular complexity index is 345. The van der Waals surface area contributed by atoms with Gasteiger partial charge in [0.2, 0.25) is 5.91 Å². The molecule has 0 aliphatic carbocycles. The van der Waals surface area contributed by atoms with Crippen LogP contribution in [0.2, 0.25) is 0 Å². The summed E-state index contributed by atoms with van der Waals surface area (Å²) in [5.41, 5.74) is 1.43. The van der Waals surface area contributed by atoms with Gasteiger partial charge >= 0.3 is 0 Å². The number of amides is 1. The molecule has 0 aromatic heterocycles. The summed E-state index contributed by atoms with van der Waals surface area (Å²) in [6, 6.07) is 7.28. The van der Waals surface area contributed by atoms with E-state index < -0.39 is 6.10 Å². The van der Waals surface area contributed by atoms with E-state index in [1.807, 2.05) is 26.0 Å². The highest BCUT2D eigenvalue weighted by Crippen LogP contribution is 2.22. The SMILES string of the molecule is CC(C)C(=O)Nc1ccccc1C(C)O. The summed E-state index contributed by atoms with van der Waals surface area (Å²) >= 11 is 0. The molecule has 1 rings (SSSR count). The van der Waals surface area contributed by atoms with Crippen LogP contribution in [0.5, 0.6) is 0 Å². The van der Waals surface area contributed by atoms with Gasteiger partial charge in [0.05, 0.1) is 6.10 Å². The van der Waals surface area contributed by atoms with Crippen LogP contribution in [0.4, 0.5) is 5.69 Å². The van der Waals surface area contributed by atoms with E-state index in [0.717, 1.165) is 5.56 Å². The number of para-hydroxylation sites is 1. The predicted octanol–water partition coefficient (Wildman–Crippen LogP) is 2.33. The fraction of sp³-hybridized carbons (Fsp3) is 0.417. The molecule has 1 aromatic rings. The molecule has 82 valence electrons. The lowest BCUT2D eigenvalue weighted by molar-refractivity contribution is -0.118. The number of anilines is 1. The first-order valence-electron chi connectivity index (χ1n) is 5.10. The van der Waals surface area contributed by atoms with E-state index in [2.05, 4.69) is 5.32 Å². The first-order chi connectivity index (χ1) is 7.02. The molecule has 0 aliphatic heterocycles. The van der Waals surface area contributed by atoms with Crippen molar-refractivity contribution in [2.24, 2.45) is 5.92 Å². The number of carbonyl (C=O) groups is 1. The first kappa shape index (κ1) is 11.7. The summed E-state index contributed by atoms with van der Waals surface area (Å²) in [5, 5.41) is 12.3. The van der Waals surface area contributed by atoms with Gasteiger partial charge in [-0.3, -0.25) is 4.79 Å². The van der Waals surface area contributed by atoms with Crippen molar-refractivity contribution in [2.75, 3.05) is 5.32 Å². The molecule has 1 unspecified atom stereocenters. The average Bonchev–Trinajstić information content (AvgIpc) is 2.18. The molecule has 15 heavy (non-hydrogen) atoms. The molecule has 1 atom stereocenters. The molecule has 1 aromatic carbocycles. The second-order valence-electron chi connectivity index (χ2n) is 3.91. The van der Waals surface area contributed by atoms with E-state index in [1.165, 1.54) is 0 Å². The molecule has 2 N–H and O–H groups in total. The van der Waals surface area contributed by atoms with Crippen molar-refractivity contribution >= 4 is 11.6 Å². The van der Waals surface area contributed by atoms with E-state index >= 15 is 0 Å². The maximum atomic E-state index is 11.5. The Labute approximate surface area is 90.1 Å². The van der Waals surface area contributed by atoms with Gasteiger partial charge in [-0.1, -0.05) is 32.0 Å². The van der Waals surface area contributed by atoms with Gasteiger partial charge in [-0.2, -0.15) is 0 Å². The number of carbonyl (C=O) groups excluding carboxylic acids is 1. The molecule has 0 bridgehead atoms. The van der Waals surface area contributed by atoms with Gasteiger partial charge in [-0.05, 0) is 13.0 Å². The first-order valence-corrected chi connectivity index (χ1v) is 5.10. The zero-order valence-corrected chi connectivity index (χ0v) is 9.32. The molecule has 0 heterocycles. The minimum Gasteiger partial charge on any atom is -0.389 e. The zero-order chi connectivity index (χ0) is 11.4. The molecule has 3 nitrogen and oxygen atoms in total. The summed E-state index contributed by atoms with van der Waals surface area (Å²) in [5.74, 6) is -0.102. The lowest BCUT2D eigenvalue weighted by Gasteiger charge is -2.14. The van der Waals surface area contributed by atoms with Crippen molar-refractivity contribution in [1.82, 2.24) is 0 Å².